The van der Waals surface area contributed by atoms with Crippen LogP contribution >= 0.6 is 0 Å². The number of ether oxygens (including phenoxy) is 3. The van der Waals surface area contributed by atoms with Gasteiger partial charge in [0.15, 0.2) is 6.10 Å². The molecule has 0 aliphatic carbocycles. The van der Waals surface area contributed by atoms with Crippen molar-refractivity contribution in [1.82, 2.24) is 0 Å². The molecule has 79 heavy (non-hydrogen) atoms. The standard InChI is InChI=1S/C73H112O6/c1-4-7-10-13-16-19-22-24-26-28-30-32-34-35-36-37-39-40-42-44-46-48-51-54-57-60-63-66-72(75)78-69-70(68-77-71(74)65-62-59-56-53-50-21-18-15-12-9-6-3)79-73(76)67-64-61-58-55-52-49-47-45-43-41-38-33-31-29-27-25-23-20-17-14-11-8-5-2/h7-8,10-11,15-20,24-27,30-33,35-36,39-41,43-44,46-47,49,51,54,70H,4-6,9,12-14,21-23,28-29,34,37-38,42,45,48,50,52-53,55-69H2,1-3H3/b10-7-,11-8-,18-15-,19-16-,20-17-,26-24-,27-25-,32-30-,33-31-,36-35-,40-39-,43-41-,46-44-,49-47-,54-51-. The highest BCUT2D eigenvalue weighted by Crippen LogP contribution is 2.12. The number of carbonyl (C=O) groups is 3. The van der Waals surface area contributed by atoms with Gasteiger partial charge in [0.25, 0.3) is 0 Å². The molecule has 0 aromatic heterocycles. The van der Waals surface area contributed by atoms with Gasteiger partial charge >= 0.3 is 17.9 Å². The molecule has 0 amide bonds. The van der Waals surface area contributed by atoms with Gasteiger partial charge in [-0.25, -0.2) is 0 Å². The molecular formula is C73H112O6. The summed E-state index contributed by atoms with van der Waals surface area (Å²) in [6.07, 6.45) is 97.5. The molecule has 6 nitrogen and oxygen atoms in total. The lowest BCUT2D eigenvalue weighted by Crippen LogP contribution is -2.30. The van der Waals surface area contributed by atoms with Gasteiger partial charge in [0, 0.05) is 19.3 Å². The van der Waals surface area contributed by atoms with Gasteiger partial charge in [0.2, 0.25) is 0 Å². The van der Waals surface area contributed by atoms with Crippen molar-refractivity contribution in [2.24, 2.45) is 0 Å². The van der Waals surface area contributed by atoms with E-state index in [0.717, 1.165) is 167 Å². The number of carbonyl (C=O) groups excluding carboxylic acids is 3. The number of hydrogen-bond donors (Lipinski definition) is 0. The van der Waals surface area contributed by atoms with Crippen LogP contribution in [0.5, 0.6) is 0 Å². The molecule has 0 aliphatic rings. The third kappa shape index (κ3) is 63.2. The molecule has 0 heterocycles. The Morgan fingerprint density at radius 2 is 0.494 bits per heavy atom. The Hall–Kier alpha value is -5.49. The molecule has 0 spiro atoms. The van der Waals surface area contributed by atoms with Gasteiger partial charge in [-0.15, -0.1) is 0 Å². The highest BCUT2D eigenvalue weighted by atomic mass is 16.6. The first-order chi connectivity index (χ1) is 39.0. The van der Waals surface area contributed by atoms with Crippen molar-refractivity contribution < 1.29 is 28.6 Å². The maximum absolute atomic E-state index is 12.9. The summed E-state index contributed by atoms with van der Waals surface area (Å²) in [6.45, 7) is 6.29. The Balaban J connectivity index is 4.49. The lowest BCUT2D eigenvalue weighted by Gasteiger charge is -2.18. The quantitative estimate of drug-likeness (QED) is 0.0261. The second kappa shape index (κ2) is 65.0. The molecule has 1 unspecified atom stereocenters. The second-order valence-corrected chi connectivity index (χ2v) is 19.8. The molecule has 0 aromatic carbocycles. The van der Waals surface area contributed by atoms with Crippen molar-refractivity contribution in [1.29, 1.82) is 0 Å². The molecular weight excluding hydrogens is 973 g/mol. The fraction of sp³-hybridized carbons (Fsp3) is 0.548. The Morgan fingerprint density at radius 3 is 0.810 bits per heavy atom. The topological polar surface area (TPSA) is 78.9 Å². The molecule has 0 saturated heterocycles. The molecule has 0 rings (SSSR count). The highest BCUT2D eigenvalue weighted by molar-refractivity contribution is 5.71. The third-order valence-electron chi connectivity index (χ3n) is 12.4. The van der Waals surface area contributed by atoms with Crippen molar-refractivity contribution in [2.45, 2.75) is 245 Å². The second-order valence-electron chi connectivity index (χ2n) is 19.8. The van der Waals surface area contributed by atoms with Crippen molar-refractivity contribution in [3.05, 3.63) is 182 Å². The van der Waals surface area contributed by atoms with E-state index in [2.05, 4.69) is 203 Å². The van der Waals surface area contributed by atoms with Crippen molar-refractivity contribution >= 4 is 17.9 Å². The summed E-state index contributed by atoms with van der Waals surface area (Å²) in [6, 6.07) is 0. The minimum atomic E-state index is -0.825. The Morgan fingerprint density at radius 1 is 0.266 bits per heavy atom. The highest BCUT2D eigenvalue weighted by Gasteiger charge is 2.19. The monoisotopic (exact) mass is 1080 g/mol. The molecule has 0 N–H and O–H groups in total. The summed E-state index contributed by atoms with van der Waals surface area (Å²) < 4.78 is 16.8. The van der Waals surface area contributed by atoms with Gasteiger partial charge in [-0.3, -0.25) is 14.4 Å². The molecule has 1 atom stereocenters. The molecule has 0 radical (unpaired) electrons. The van der Waals surface area contributed by atoms with Crippen LogP contribution in [0.4, 0.5) is 0 Å². The summed E-state index contributed by atoms with van der Waals surface area (Å²) in [5, 5.41) is 0. The molecule has 6 heteroatoms. The Kier molecular flexibility index (Phi) is 60.5. The molecule has 0 aliphatic heterocycles. The summed E-state index contributed by atoms with van der Waals surface area (Å²) in [4.78, 5) is 38.2. The molecule has 440 valence electrons. The van der Waals surface area contributed by atoms with Crippen molar-refractivity contribution in [3.63, 3.8) is 0 Å². The first-order valence-electron chi connectivity index (χ1n) is 31.3. The van der Waals surface area contributed by atoms with Gasteiger partial charge < -0.3 is 14.2 Å². The van der Waals surface area contributed by atoms with Crippen LogP contribution in [0.25, 0.3) is 0 Å². The maximum atomic E-state index is 12.9. The van der Waals surface area contributed by atoms with E-state index in [1.165, 1.54) is 25.7 Å². The van der Waals surface area contributed by atoms with Crippen LogP contribution in [0.1, 0.15) is 239 Å². The fourth-order valence-corrected chi connectivity index (χ4v) is 7.73. The van der Waals surface area contributed by atoms with Gasteiger partial charge in [0.1, 0.15) is 13.2 Å². The zero-order valence-electron chi connectivity index (χ0n) is 50.3. The minimum Gasteiger partial charge on any atom is -0.462 e. The smallest absolute Gasteiger partial charge is 0.306 e. The number of unbranched alkanes of at least 4 members (excludes halogenated alkanes) is 13. The van der Waals surface area contributed by atoms with Crippen LogP contribution in [0.3, 0.4) is 0 Å². The molecule has 0 bridgehead atoms. The van der Waals surface area contributed by atoms with Crippen LogP contribution in [0.2, 0.25) is 0 Å². The minimum absolute atomic E-state index is 0.116. The van der Waals surface area contributed by atoms with E-state index in [0.29, 0.717) is 12.8 Å². The SMILES string of the molecule is CC/C=C\C/C=C\C/C=C\C/C=C\C/C=C\C/C=C\C/C=C\C/C=C\CCCCC(=O)OCC(COC(=O)CCCCCCC/C=C\CCCC)OC(=O)CCCCCC/C=C\C/C=C\C/C=C\C/C=C\C/C=C\C/C=C\CC. The molecule has 0 aromatic rings. The number of hydrogen-bond acceptors (Lipinski definition) is 6. The largest absolute Gasteiger partial charge is 0.462 e. The predicted molar refractivity (Wildman–Crippen MR) is 343 cm³/mol. The van der Waals surface area contributed by atoms with Gasteiger partial charge in [-0.05, 0) is 154 Å². The van der Waals surface area contributed by atoms with Crippen LogP contribution in [-0.2, 0) is 28.6 Å². The van der Waals surface area contributed by atoms with E-state index in [4.69, 9.17) is 14.2 Å². The first kappa shape index (κ1) is 73.5. The average molecular weight is 1090 g/mol. The van der Waals surface area contributed by atoms with Gasteiger partial charge in [-0.1, -0.05) is 248 Å². The molecule has 0 fully saturated rings. The Labute approximate surface area is 484 Å². The number of rotatable bonds is 54. The van der Waals surface area contributed by atoms with Crippen LogP contribution in [0, 0.1) is 0 Å². The Bertz CT molecular complexity index is 1870. The number of allylic oxidation sites excluding steroid dienone is 30. The van der Waals surface area contributed by atoms with Crippen LogP contribution < -0.4 is 0 Å². The fourth-order valence-electron chi connectivity index (χ4n) is 7.73. The van der Waals surface area contributed by atoms with E-state index in [9.17, 15) is 14.4 Å². The lowest BCUT2D eigenvalue weighted by atomic mass is 10.1. The summed E-state index contributed by atoms with van der Waals surface area (Å²) in [5.41, 5.74) is 0. The van der Waals surface area contributed by atoms with Crippen LogP contribution in [0.15, 0.2) is 182 Å². The van der Waals surface area contributed by atoms with E-state index in [1.54, 1.807) is 0 Å². The van der Waals surface area contributed by atoms with Crippen molar-refractivity contribution in [2.75, 3.05) is 13.2 Å². The number of esters is 3. The van der Waals surface area contributed by atoms with E-state index >= 15 is 0 Å². The lowest BCUT2D eigenvalue weighted by molar-refractivity contribution is -0.167. The summed E-state index contributed by atoms with van der Waals surface area (Å²) >= 11 is 0. The third-order valence-corrected chi connectivity index (χ3v) is 12.4. The normalized spacial score (nSPS) is 13.4. The van der Waals surface area contributed by atoms with Crippen molar-refractivity contribution in [3.8, 4) is 0 Å². The van der Waals surface area contributed by atoms with Gasteiger partial charge in [-0.2, -0.15) is 0 Å². The van der Waals surface area contributed by atoms with E-state index < -0.39 is 6.10 Å². The molecule has 0 saturated carbocycles. The summed E-state index contributed by atoms with van der Waals surface area (Å²) in [7, 11) is 0. The zero-order chi connectivity index (χ0) is 57.1. The zero-order valence-corrected chi connectivity index (χ0v) is 50.3. The maximum Gasteiger partial charge on any atom is 0.306 e. The van der Waals surface area contributed by atoms with E-state index in [1.807, 2.05) is 0 Å². The predicted octanol–water partition coefficient (Wildman–Crippen LogP) is 21.7. The van der Waals surface area contributed by atoms with E-state index in [-0.39, 0.29) is 44.0 Å². The van der Waals surface area contributed by atoms with Crippen LogP contribution in [-0.4, -0.2) is 37.2 Å². The summed E-state index contributed by atoms with van der Waals surface area (Å²) in [5.74, 6) is -1.01. The first-order valence-corrected chi connectivity index (χ1v) is 31.3. The average Bonchev–Trinajstić information content (AvgIpc) is 3.45. The van der Waals surface area contributed by atoms with Gasteiger partial charge in [0.05, 0.1) is 0 Å².